The first-order chi connectivity index (χ1) is 6.77. The molecule has 0 unspecified atom stereocenters. The summed E-state index contributed by atoms with van der Waals surface area (Å²) in [6.45, 7) is 6.32. The van der Waals surface area contributed by atoms with E-state index in [1.807, 2.05) is 0 Å². The minimum Gasteiger partial charge on any atom is -0.381 e. The average molecular weight is 195 g/mol. The van der Waals surface area contributed by atoms with E-state index in [0.29, 0.717) is 5.41 Å². The van der Waals surface area contributed by atoms with Crippen molar-refractivity contribution in [1.82, 2.24) is 5.32 Å². The van der Waals surface area contributed by atoms with E-state index in [4.69, 9.17) is 11.2 Å². The van der Waals surface area contributed by atoms with Gasteiger partial charge in [-0.15, -0.1) is 12.3 Å². The summed E-state index contributed by atoms with van der Waals surface area (Å²) < 4.78 is 5.36. The summed E-state index contributed by atoms with van der Waals surface area (Å²) in [7, 11) is 0. The van der Waals surface area contributed by atoms with Gasteiger partial charge in [0.15, 0.2) is 0 Å². The van der Waals surface area contributed by atoms with Crippen molar-refractivity contribution in [3.05, 3.63) is 0 Å². The van der Waals surface area contributed by atoms with Crippen LogP contribution in [0.3, 0.4) is 0 Å². The van der Waals surface area contributed by atoms with Gasteiger partial charge >= 0.3 is 0 Å². The molecule has 0 aliphatic carbocycles. The van der Waals surface area contributed by atoms with Gasteiger partial charge in [0, 0.05) is 26.2 Å². The van der Waals surface area contributed by atoms with E-state index in [0.717, 1.165) is 39.1 Å². The molecule has 0 spiro atoms. The Morgan fingerprint density at radius 3 is 2.79 bits per heavy atom. The average Bonchev–Trinajstić information content (AvgIpc) is 2.18. The highest BCUT2D eigenvalue weighted by atomic mass is 16.5. The minimum absolute atomic E-state index is 0.439. The van der Waals surface area contributed by atoms with Crippen molar-refractivity contribution >= 4 is 0 Å². The van der Waals surface area contributed by atoms with Gasteiger partial charge in [0.05, 0.1) is 0 Å². The lowest BCUT2D eigenvalue weighted by Crippen LogP contribution is -2.37. The van der Waals surface area contributed by atoms with Crippen molar-refractivity contribution in [3.8, 4) is 12.3 Å². The Morgan fingerprint density at radius 2 is 2.14 bits per heavy atom. The van der Waals surface area contributed by atoms with Crippen LogP contribution in [0.25, 0.3) is 0 Å². The summed E-state index contributed by atoms with van der Waals surface area (Å²) in [5.41, 5.74) is 0.439. The second kappa shape index (κ2) is 6.06. The molecular weight excluding hydrogens is 174 g/mol. The van der Waals surface area contributed by atoms with Gasteiger partial charge in [-0.2, -0.15) is 0 Å². The molecule has 1 aliphatic rings. The van der Waals surface area contributed by atoms with Gasteiger partial charge in [0.1, 0.15) is 0 Å². The van der Waals surface area contributed by atoms with Crippen molar-refractivity contribution in [3.63, 3.8) is 0 Å². The predicted molar refractivity (Wildman–Crippen MR) is 59.1 cm³/mol. The smallest absolute Gasteiger partial charge is 0.0471 e. The van der Waals surface area contributed by atoms with Crippen LogP contribution in [0.5, 0.6) is 0 Å². The zero-order valence-electron chi connectivity index (χ0n) is 9.14. The molecule has 1 aliphatic heterocycles. The van der Waals surface area contributed by atoms with E-state index in [9.17, 15) is 0 Å². The fraction of sp³-hybridized carbons (Fsp3) is 0.833. The molecule has 2 nitrogen and oxygen atoms in total. The Kier molecular flexibility index (Phi) is 5.00. The molecule has 1 fully saturated rings. The first kappa shape index (κ1) is 11.6. The summed E-state index contributed by atoms with van der Waals surface area (Å²) in [4.78, 5) is 0. The lowest BCUT2D eigenvalue weighted by atomic mass is 9.82. The van der Waals surface area contributed by atoms with Crippen molar-refractivity contribution in [2.75, 3.05) is 26.3 Å². The number of rotatable bonds is 5. The van der Waals surface area contributed by atoms with Gasteiger partial charge < -0.3 is 10.1 Å². The minimum atomic E-state index is 0.439. The van der Waals surface area contributed by atoms with Gasteiger partial charge in [-0.3, -0.25) is 0 Å². The third-order valence-corrected chi connectivity index (χ3v) is 2.93. The highest BCUT2D eigenvalue weighted by Crippen LogP contribution is 2.28. The second-order valence-corrected chi connectivity index (χ2v) is 4.41. The Balaban J connectivity index is 2.07. The largest absolute Gasteiger partial charge is 0.381 e. The fourth-order valence-corrected chi connectivity index (χ4v) is 1.75. The van der Waals surface area contributed by atoms with Gasteiger partial charge in [-0.05, 0) is 31.2 Å². The molecule has 1 rings (SSSR count). The fourth-order valence-electron chi connectivity index (χ4n) is 1.75. The van der Waals surface area contributed by atoms with Crippen LogP contribution in [0, 0.1) is 17.8 Å². The van der Waals surface area contributed by atoms with Crippen LogP contribution in [0.1, 0.15) is 32.6 Å². The zero-order valence-corrected chi connectivity index (χ0v) is 9.14. The molecule has 0 saturated carbocycles. The SMILES string of the molecule is C#CCCCNCC1(C)CCOCC1. The van der Waals surface area contributed by atoms with Gasteiger partial charge in [-0.1, -0.05) is 6.92 Å². The van der Waals surface area contributed by atoms with E-state index in [1.165, 1.54) is 12.8 Å². The van der Waals surface area contributed by atoms with Crippen LogP contribution in [-0.4, -0.2) is 26.3 Å². The summed E-state index contributed by atoms with van der Waals surface area (Å²) in [5, 5.41) is 3.48. The Labute approximate surface area is 87.4 Å². The monoisotopic (exact) mass is 195 g/mol. The molecule has 0 amide bonds. The zero-order chi connectivity index (χ0) is 10.3. The van der Waals surface area contributed by atoms with Crippen molar-refractivity contribution in [2.24, 2.45) is 5.41 Å². The lowest BCUT2D eigenvalue weighted by molar-refractivity contribution is 0.0242. The molecule has 1 N–H and O–H groups in total. The van der Waals surface area contributed by atoms with Gasteiger partial charge in [0.2, 0.25) is 0 Å². The molecule has 1 saturated heterocycles. The van der Waals surface area contributed by atoms with Gasteiger partial charge in [-0.25, -0.2) is 0 Å². The topological polar surface area (TPSA) is 21.3 Å². The first-order valence-corrected chi connectivity index (χ1v) is 5.49. The van der Waals surface area contributed by atoms with Gasteiger partial charge in [0.25, 0.3) is 0 Å². The maximum absolute atomic E-state index is 5.36. The molecule has 0 aromatic carbocycles. The molecule has 0 radical (unpaired) electrons. The number of unbranched alkanes of at least 4 members (excludes halogenated alkanes) is 1. The number of hydrogen-bond donors (Lipinski definition) is 1. The normalized spacial score (nSPS) is 20.3. The first-order valence-electron chi connectivity index (χ1n) is 5.49. The third kappa shape index (κ3) is 4.13. The summed E-state index contributed by atoms with van der Waals surface area (Å²) in [5.74, 6) is 2.66. The third-order valence-electron chi connectivity index (χ3n) is 2.93. The van der Waals surface area contributed by atoms with E-state index in [2.05, 4.69) is 18.2 Å². The summed E-state index contributed by atoms with van der Waals surface area (Å²) in [6, 6.07) is 0. The van der Waals surface area contributed by atoms with E-state index >= 15 is 0 Å². The number of nitrogens with one attached hydrogen (secondary N) is 1. The second-order valence-electron chi connectivity index (χ2n) is 4.41. The lowest BCUT2D eigenvalue weighted by Gasteiger charge is -2.33. The highest BCUT2D eigenvalue weighted by Gasteiger charge is 2.26. The maximum atomic E-state index is 5.36. The summed E-state index contributed by atoms with van der Waals surface area (Å²) >= 11 is 0. The molecule has 0 aromatic rings. The quantitative estimate of drug-likeness (QED) is 0.533. The molecule has 0 bridgehead atoms. The molecule has 1 heterocycles. The standard InChI is InChI=1S/C12H21NO/c1-3-4-5-8-13-11-12(2)6-9-14-10-7-12/h1,13H,4-11H2,2H3. The number of ether oxygens (including phenoxy) is 1. The molecule has 80 valence electrons. The van der Waals surface area contributed by atoms with Crippen LogP contribution >= 0.6 is 0 Å². The van der Waals surface area contributed by atoms with Crippen LogP contribution in [0.15, 0.2) is 0 Å². The Bertz CT molecular complexity index is 189. The van der Waals surface area contributed by atoms with E-state index < -0.39 is 0 Å². The summed E-state index contributed by atoms with van der Waals surface area (Å²) in [6.07, 6.45) is 9.50. The molecule has 14 heavy (non-hydrogen) atoms. The molecule has 0 atom stereocenters. The predicted octanol–water partition coefficient (Wildman–Crippen LogP) is 1.81. The van der Waals surface area contributed by atoms with E-state index in [1.54, 1.807) is 0 Å². The van der Waals surface area contributed by atoms with Crippen LogP contribution < -0.4 is 5.32 Å². The number of hydrogen-bond acceptors (Lipinski definition) is 2. The van der Waals surface area contributed by atoms with Crippen LogP contribution in [-0.2, 0) is 4.74 Å². The number of terminal acetylenes is 1. The van der Waals surface area contributed by atoms with Crippen molar-refractivity contribution in [2.45, 2.75) is 32.6 Å². The molecule has 0 aromatic heterocycles. The Hall–Kier alpha value is -0.520. The Morgan fingerprint density at radius 1 is 1.43 bits per heavy atom. The molecule has 2 heteroatoms. The van der Waals surface area contributed by atoms with Crippen LogP contribution in [0.2, 0.25) is 0 Å². The highest BCUT2D eigenvalue weighted by molar-refractivity contribution is 4.84. The maximum Gasteiger partial charge on any atom is 0.0471 e. The van der Waals surface area contributed by atoms with Crippen LogP contribution in [0.4, 0.5) is 0 Å². The molecular formula is C12H21NO. The van der Waals surface area contributed by atoms with Crippen molar-refractivity contribution in [1.29, 1.82) is 0 Å². The van der Waals surface area contributed by atoms with E-state index in [-0.39, 0.29) is 0 Å². The van der Waals surface area contributed by atoms with Crippen molar-refractivity contribution < 1.29 is 4.74 Å².